The molecule has 14 nitrogen and oxygen atoms in total. The van der Waals surface area contributed by atoms with Crippen molar-refractivity contribution in [2.75, 3.05) is 37.7 Å². The number of hydrogen-bond acceptors (Lipinski definition) is 9. The molecule has 2 aliphatic heterocycles. The quantitative estimate of drug-likeness (QED) is 0.185. The van der Waals surface area contributed by atoms with E-state index in [1.165, 1.54) is 16.8 Å². The van der Waals surface area contributed by atoms with Gasteiger partial charge in [0.2, 0.25) is 5.91 Å². The van der Waals surface area contributed by atoms with E-state index in [0.29, 0.717) is 36.3 Å². The van der Waals surface area contributed by atoms with E-state index in [-0.39, 0.29) is 25.5 Å². The van der Waals surface area contributed by atoms with Crippen LogP contribution in [0.15, 0.2) is 55.0 Å². The average Bonchev–Trinajstić information content (AvgIpc) is 3.70. The van der Waals surface area contributed by atoms with E-state index in [2.05, 4.69) is 42.8 Å². The van der Waals surface area contributed by atoms with Crippen LogP contribution in [0.4, 0.5) is 19.8 Å². The Labute approximate surface area is 312 Å². The molecule has 0 bridgehead atoms. The second-order valence-electron chi connectivity index (χ2n) is 15.1. The molecule has 54 heavy (non-hydrogen) atoms. The summed E-state index contributed by atoms with van der Waals surface area (Å²) in [6, 6.07) is 13.5. The molecule has 284 valence electrons. The molecule has 2 N–H and O–H groups in total. The van der Waals surface area contributed by atoms with Crippen molar-refractivity contribution in [1.29, 1.82) is 0 Å². The highest BCUT2D eigenvalue weighted by molar-refractivity contribution is 6.08. The summed E-state index contributed by atoms with van der Waals surface area (Å²) >= 11 is 0. The van der Waals surface area contributed by atoms with Crippen LogP contribution in [0.2, 0.25) is 0 Å². The third kappa shape index (κ3) is 8.15. The lowest BCUT2D eigenvalue weighted by Crippen LogP contribution is -2.49. The number of hydrogen-bond donors (Lipinski definition) is 2. The van der Waals surface area contributed by atoms with Gasteiger partial charge in [-0.2, -0.15) is 10.2 Å². The van der Waals surface area contributed by atoms with Crippen LogP contribution >= 0.6 is 0 Å². The molecule has 4 amide bonds. The van der Waals surface area contributed by atoms with Gasteiger partial charge in [0.15, 0.2) is 5.82 Å². The number of carbonyl (C=O) groups excluding carboxylic acids is 3. The van der Waals surface area contributed by atoms with Crippen LogP contribution in [0.5, 0.6) is 5.75 Å². The number of nitrogens with one attached hydrogen (secondary N) is 2. The van der Waals surface area contributed by atoms with Crippen LogP contribution < -0.4 is 20.3 Å². The third-order valence-corrected chi connectivity index (χ3v) is 9.93. The monoisotopic (exact) mass is 739 g/mol. The maximum atomic E-state index is 15.3. The first-order valence-corrected chi connectivity index (χ1v) is 18.3. The van der Waals surface area contributed by atoms with Crippen LogP contribution in [0.1, 0.15) is 62.6 Å². The Balaban J connectivity index is 0.918. The van der Waals surface area contributed by atoms with E-state index in [1.807, 2.05) is 65.1 Å². The molecular weight excluding hydrogens is 693 g/mol. The average molecular weight is 740 g/mol. The van der Waals surface area contributed by atoms with Crippen LogP contribution in [0.3, 0.4) is 0 Å². The standard InChI is InChI=1S/C39H46FN9O5/c1-24-16-27(6-7-28(24)19-41-38(52)54-39(2,3)4)35-33-18-30(21-49(33)43-23-42-35)53-22-29(40)20-47-13-10-25(11-14-47)26-8-9-31-32(17-26)46(5)45-36(31)48-15-12-34(50)44-37(48)51/h6-9,16-18,21,23,25,29H,10-15,19-20,22H2,1-5H3,(H,41,52)(H,44,50,51). The predicted molar refractivity (Wildman–Crippen MR) is 201 cm³/mol. The van der Waals surface area contributed by atoms with Crippen molar-refractivity contribution in [3.8, 4) is 17.0 Å². The minimum absolute atomic E-state index is 0.0826. The maximum Gasteiger partial charge on any atom is 0.407 e. The smallest absolute Gasteiger partial charge is 0.407 e. The first kappa shape index (κ1) is 36.8. The Hall–Kier alpha value is -5.57. The summed E-state index contributed by atoms with van der Waals surface area (Å²) in [5.41, 5.74) is 5.82. The van der Waals surface area contributed by atoms with E-state index >= 15 is 4.39 Å². The molecule has 1 unspecified atom stereocenters. The third-order valence-electron chi connectivity index (χ3n) is 9.93. The molecule has 2 fully saturated rings. The number of aromatic nitrogens is 5. The van der Waals surface area contributed by atoms with Crippen LogP contribution in [0.25, 0.3) is 27.7 Å². The molecule has 2 aromatic carbocycles. The number of benzene rings is 2. The zero-order valence-electron chi connectivity index (χ0n) is 31.3. The molecule has 0 aliphatic carbocycles. The molecule has 7 rings (SSSR count). The lowest BCUT2D eigenvalue weighted by molar-refractivity contribution is -0.120. The van der Waals surface area contributed by atoms with Gasteiger partial charge in [0.05, 0.1) is 22.9 Å². The van der Waals surface area contributed by atoms with E-state index in [1.54, 1.807) is 15.4 Å². The minimum atomic E-state index is -1.17. The number of rotatable bonds is 10. The van der Waals surface area contributed by atoms with Gasteiger partial charge in [0.1, 0.15) is 30.5 Å². The summed E-state index contributed by atoms with van der Waals surface area (Å²) in [5, 5.41) is 15.0. The van der Waals surface area contributed by atoms with E-state index in [9.17, 15) is 14.4 Å². The van der Waals surface area contributed by atoms with Crippen molar-refractivity contribution in [1.82, 2.24) is 39.9 Å². The highest BCUT2D eigenvalue weighted by Gasteiger charge is 2.29. The lowest BCUT2D eigenvalue weighted by Gasteiger charge is -2.33. The molecule has 0 radical (unpaired) electrons. The van der Waals surface area contributed by atoms with E-state index in [0.717, 1.165) is 59.0 Å². The summed E-state index contributed by atoms with van der Waals surface area (Å²) in [4.78, 5) is 44.4. The summed E-state index contributed by atoms with van der Waals surface area (Å²) in [6.07, 6.45) is 3.60. The molecule has 1 atom stereocenters. The number of alkyl halides is 1. The number of imide groups is 1. The van der Waals surface area contributed by atoms with Crippen molar-refractivity contribution >= 4 is 40.3 Å². The number of carbonyl (C=O) groups is 3. The predicted octanol–water partition coefficient (Wildman–Crippen LogP) is 5.66. The number of alkyl carbamates (subject to hydrolysis) is 1. The number of likely N-dealkylation sites (tertiary alicyclic amines) is 1. The number of fused-ring (bicyclic) bond motifs is 2. The fourth-order valence-corrected chi connectivity index (χ4v) is 7.17. The topological polar surface area (TPSA) is 148 Å². The largest absolute Gasteiger partial charge is 0.489 e. The normalized spacial score (nSPS) is 16.5. The summed E-state index contributed by atoms with van der Waals surface area (Å²) in [5.74, 6) is 1.10. The molecular formula is C39H46FN9O5. The second kappa shape index (κ2) is 15.0. The van der Waals surface area contributed by atoms with Crippen LogP contribution in [0, 0.1) is 6.92 Å². The van der Waals surface area contributed by atoms with Crippen molar-refractivity contribution in [2.24, 2.45) is 7.05 Å². The van der Waals surface area contributed by atoms with Crippen molar-refractivity contribution < 1.29 is 28.2 Å². The second-order valence-corrected chi connectivity index (χ2v) is 15.1. The van der Waals surface area contributed by atoms with Gasteiger partial charge in [-0.3, -0.25) is 19.7 Å². The molecule has 0 saturated carbocycles. The Bertz CT molecular complexity index is 2200. The molecule has 15 heteroatoms. The van der Waals surface area contributed by atoms with Gasteiger partial charge in [-0.25, -0.2) is 23.5 Å². The van der Waals surface area contributed by atoms with Gasteiger partial charge >= 0.3 is 12.1 Å². The fraction of sp³-hybridized carbons (Fsp3) is 0.436. The van der Waals surface area contributed by atoms with Gasteiger partial charge in [-0.1, -0.05) is 18.2 Å². The SMILES string of the molecule is Cc1cc(-c2ncnn3cc(OCC(F)CN4CCC(c5ccc6c(N7CCC(=O)NC7=O)nn(C)c6c5)CC4)cc23)ccc1CNC(=O)OC(C)(C)C. The van der Waals surface area contributed by atoms with Gasteiger partial charge in [0, 0.05) is 50.1 Å². The summed E-state index contributed by atoms with van der Waals surface area (Å²) < 4.78 is 30.0. The first-order chi connectivity index (χ1) is 25.8. The van der Waals surface area contributed by atoms with Gasteiger partial charge in [0.25, 0.3) is 0 Å². The van der Waals surface area contributed by atoms with Crippen LogP contribution in [-0.2, 0) is 23.1 Å². The summed E-state index contributed by atoms with van der Waals surface area (Å²) in [7, 11) is 1.86. The number of ether oxygens (including phenoxy) is 2. The molecule has 5 aromatic rings. The Morgan fingerprint density at radius 3 is 2.61 bits per heavy atom. The van der Waals surface area contributed by atoms with Gasteiger partial charge < -0.3 is 19.7 Å². The van der Waals surface area contributed by atoms with E-state index in [4.69, 9.17) is 9.47 Å². The van der Waals surface area contributed by atoms with Crippen molar-refractivity contribution in [3.63, 3.8) is 0 Å². The van der Waals surface area contributed by atoms with Crippen molar-refractivity contribution in [3.05, 3.63) is 71.7 Å². The molecule has 2 aliphatic rings. The molecule has 3 aromatic heterocycles. The highest BCUT2D eigenvalue weighted by Crippen LogP contribution is 2.34. The number of nitrogens with zero attached hydrogens (tertiary/aromatic N) is 7. The number of piperidine rings is 1. The number of halogens is 1. The fourth-order valence-electron chi connectivity index (χ4n) is 7.17. The van der Waals surface area contributed by atoms with E-state index < -0.39 is 23.9 Å². The van der Waals surface area contributed by atoms with Crippen LogP contribution in [-0.4, -0.2) is 91.9 Å². The number of aryl methyl sites for hydroxylation is 2. The lowest BCUT2D eigenvalue weighted by atomic mass is 9.89. The van der Waals surface area contributed by atoms with Crippen molar-refractivity contribution in [2.45, 2.75) is 71.2 Å². The zero-order chi connectivity index (χ0) is 38.1. The van der Waals surface area contributed by atoms with Gasteiger partial charge in [-0.05, 0) is 94.4 Å². The van der Waals surface area contributed by atoms with Gasteiger partial charge in [-0.15, -0.1) is 0 Å². The minimum Gasteiger partial charge on any atom is -0.489 e. The molecule has 2 saturated heterocycles. The number of anilines is 1. The number of urea groups is 1. The highest BCUT2D eigenvalue weighted by atomic mass is 19.1. The maximum absolute atomic E-state index is 15.3. The first-order valence-electron chi connectivity index (χ1n) is 18.3. The summed E-state index contributed by atoms with van der Waals surface area (Å²) in [6.45, 7) is 9.82. The zero-order valence-corrected chi connectivity index (χ0v) is 31.3. The Morgan fingerprint density at radius 2 is 1.87 bits per heavy atom. The Morgan fingerprint density at radius 1 is 1.07 bits per heavy atom. The Kier molecular flexibility index (Phi) is 10.2. The molecule has 5 heterocycles. The molecule has 0 spiro atoms. The number of amides is 4.